The van der Waals surface area contributed by atoms with Crippen LogP contribution < -0.4 is 0 Å². The van der Waals surface area contributed by atoms with Crippen LogP contribution >= 0.6 is 0 Å². The van der Waals surface area contributed by atoms with Crippen LogP contribution in [0.4, 0.5) is 0 Å². The van der Waals surface area contributed by atoms with Gasteiger partial charge in [0.1, 0.15) is 0 Å². The molecule has 0 saturated heterocycles. The molecule has 0 aromatic heterocycles. The van der Waals surface area contributed by atoms with Crippen molar-refractivity contribution >= 4 is 11.9 Å². The highest BCUT2D eigenvalue weighted by atomic mass is 16.4. The Balaban J connectivity index is 1.87. The molecular weight excluding hydrogens is 230 g/mol. The Morgan fingerprint density at radius 2 is 1.56 bits per heavy atom. The molecule has 0 aromatic carbocycles. The van der Waals surface area contributed by atoms with E-state index in [1.165, 1.54) is 32.1 Å². The smallest absolute Gasteiger partial charge is 0.307 e. The first-order chi connectivity index (χ1) is 8.61. The summed E-state index contributed by atoms with van der Waals surface area (Å²) in [6.45, 7) is 0. The Morgan fingerprint density at radius 3 is 2.06 bits per heavy atom. The van der Waals surface area contributed by atoms with Crippen molar-refractivity contribution < 1.29 is 14.7 Å². The first-order valence-corrected chi connectivity index (χ1v) is 7.10. The summed E-state index contributed by atoms with van der Waals surface area (Å²) >= 11 is 0. The minimum Gasteiger partial charge on any atom is -0.481 e. The molecule has 0 bridgehead atoms. The molecule has 0 spiro atoms. The molecule has 0 aliphatic heterocycles. The lowest BCUT2D eigenvalue weighted by Crippen LogP contribution is -2.39. The summed E-state index contributed by atoms with van der Waals surface area (Å²) in [4.78, 5) is 24.8. The number of carboxylic acid groups (broad SMARTS) is 1. The lowest BCUT2D eigenvalue weighted by molar-refractivity contribution is -0.142. The van der Waals surface area contributed by atoms with Crippen LogP contribution in [0.15, 0.2) is 0 Å². The number of amides is 1. The van der Waals surface area contributed by atoms with E-state index in [-0.39, 0.29) is 11.8 Å². The van der Waals surface area contributed by atoms with Gasteiger partial charge in [0, 0.05) is 13.1 Å². The van der Waals surface area contributed by atoms with Crippen LogP contribution in [0.5, 0.6) is 0 Å². The second-order valence-corrected chi connectivity index (χ2v) is 5.74. The van der Waals surface area contributed by atoms with Crippen LogP contribution in [0.1, 0.15) is 51.4 Å². The van der Waals surface area contributed by atoms with Crippen molar-refractivity contribution in [1.29, 1.82) is 0 Å². The van der Waals surface area contributed by atoms with E-state index >= 15 is 0 Å². The monoisotopic (exact) mass is 253 g/mol. The molecular formula is C14H23NO3. The van der Waals surface area contributed by atoms with Gasteiger partial charge in [-0.15, -0.1) is 0 Å². The SMILES string of the molecule is CN(C(=O)C1CC1C(=O)O)C1CCCCCCC1. The zero-order chi connectivity index (χ0) is 13.1. The zero-order valence-electron chi connectivity index (χ0n) is 11.1. The molecule has 2 aliphatic carbocycles. The highest BCUT2D eigenvalue weighted by Gasteiger charge is 2.49. The molecule has 1 amide bonds. The van der Waals surface area contributed by atoms with Gasteiger partial charge in [-0.25, -0.2) is 0 Å². The molecule has 4 heteroatoms. The molecule has 102 valence electrons. The molecule has 0 radical (unpaired) electrons. The molecule has 18 heavy (non-hydrogen) atoms. The predicted octanol–water partition coefficient (Wildman–Crippen LogP) is 2.28. The number of hydrogen-bond acceptors (Lipinski definition) is 2. The summed E-state index contributed by atoms with van der Waals surface area (Å²) < 4.78 is 0. The van der Waals surface area contributed by atoms with E-state index in [2.05, 4.69) is 0 Å². The Kier molecular flexibility index (Phi) is 4.25. The van der Waals surface area contributed by atoms with Crippen molar-refractivity contribution in [3.05, 3.63) is 0 Å². The first kappa shape index (κ1) is 13.4. The van der Waals surface area contributed by atoms with Crippen molar-refractivity contribution in [2.75, 3.05) is 7.05 Å². The van der Waals surface area contributed by atoms with E-state index < -0.39 is 11.9 Å². The van der Waals surface area contributed by atoms with Crippen molar-refractivity contribution in [2.24, 2.45) is 11.8 Å². The third-order valence-corrected chi connectivity index (χ3v) is 4.39. The number of carbonyl (C=O) groups is 2. The van der Waals surface area contributed by atoms with E-state index in [0.717, 1.165) is 12.8 Å². The van der Waals surface area contributed by atoms with Crippen molar-refractivity contribution in [3.63, 3.8) is 0 Å². The summed E-state index contributed by atoms with van der Waals surface area (Å²) in [5.41, 5.74) is 0. The normalized spacial score (nSPS) is 29.2. The van der Waals surface area contributed by atoms with Gasteiger partial charge in [-0.1, -0.05) is 32.1 Å². The Bertz CT molecular complexity index is 321. The number of hydrogen-bond donors (Lipinski definition) is 1. The molecule has 1 N–H and O–H groups in total. The van der Waals surface area contributed by atoms with Gasteiger partial charge in [0.05, 0.1) is 11.8 Å². The molecule has 2 fully saturated rings. The topological polar surface area (TPSA) is 57.6 Å². The minimum absolute atomic E-state index is 0.0490. The van der Waals surface area contributed by atoms with Gasteiger partial charge in [0.15, 0.2) is 0 Å². The van der Waals surface area contributed by atoms with Crippen molar-refractivity contribution in [2.45, 2.75) is 57.4 Å². The third-order valence-electron chi connectivity index (χ3n) is 4.39. The fraction of sp³-hybridized carbons (Fsp3) is 0.857. The van der Waals surface area contributed by atoms with Crippen LogP contribution in [-0.2, 0) is 9.59 Å². The quantitative estimate of drug-likeness (QED) is 0.839. The Labute approximate surface area is 108 Å². The Morgan fingerprint density at radius 1 is 1.00 bits per heavy atom. The van der Waals surface area contributed by atoms with Crippen LogP contribution in [0, 0.1) is 11.8 Å². The largest absolute Gasteiger partial charge is 0.481 e. The second-order valence-electron chi connectivity index (χ2n) is 5.74. The molecule has 4 nitrogen and oxygen atoms in total. The summed E-state index contributed by atoms with van der Waals surface area (Å²) in [5, 5.41) is 8.88. The molecule has 2 unspecified atom stereocenters. The van der Waals surface area contributed by atoms with Crippen LogP contribution in [0.2, 0.25) is 0 Å². The van der Waals surface area contributed by atoms with Crippen LogP contribution in [0.3, 0.4) is 0 Å². The summed E-state index contributed by atoms with van der Waals surface area (Å²) in [6.07, 6.45) is 8.91. The van der Waals surface area contributed by atoms with E-state index in [0.29, 0.717) is 12.5 Å². The Hall–Kier alpha value is -1.06. The minimum atomic E-state index is -0.820. The summed E-state index contributed by atoms with van der Waals surface area (Å²) in [5.74, 6) is -1.45. The third kappa shape index (κ3) is 3.03. The van der Waals surface area contributed by atoms with E-state index in [9.17, 15) is 9.59 Å². The summed E-state index contributed by atoms with van der Waals surface area (Å²) in [6, 6.07) is 0.327. The standard InChI is InChI=1S/C14H23NO3/c1-15(10-7-5-3-2-4-6-8-10)13(16)11-9-12(11)14(17)18/h10-12H,2-9H2,1H3,(H,17,18). The predicted molar refractivity (Wildman–Crippen MR) is 68.1 cm³/mol. The molecule has 2 rings (SSSR count). The number of aliphatic carboxylic acids is 1. The highest BCUT2D eigenvalue weighted by Crippen LogP contribution is 2.40. The molecule has 0 aromatic rings. The van der Waals surface area contributed by atoms with Gasteiger partial charge in [0.2, 0.25) is 5.91 Å². The number of carbonyl (C=O) groups excluding carboxylic acids is 1. The van der Waals surface area contributed by atoms with Crippen molar-refractivity contribution in [3.8, 4) is 0 Å². The van der Waals surface area contributed by atoms with Gasteiger partial charge in [-0.05, 0) is 19.3 Å². The maximum atomic E-state index is 12.2. The molecule has 2 aliphatic rings. The number of rotatable bonds is 3. The fourth-order valence-corrected chi connectivity index (χ4v) is 3.00. The van der Waals surface area contributed by atoms with Gasteiger partial charge in [0.25, 0.3) is 0 Å². The second kappa shape index (κ2) is 5.72. The average Bonchev–Trinajstić information content (AvgIpc) is 3.06. The van der Waals surface area contributed by atoms with Gasteiger partial charge < -0.3 is 10.0 Å². The fourth-order valence-electron chi connectivity index (χ4n) is 3.00. The van der Waals surface area contributed by atoms with E-state index in [4.69, 9.17) is 5.11 Å². The first-order valence-electron chi connectivity index (χ1n) is 7.10. The number of nitrogens with zero attached hydrogens (tertiary/aromatic N) is 1. The lowest BCUT2D eigenvalue weighted by atomic mass is 9.95. The highest BCUT2D eigenvalue weighted by molar-refractivity contribution is 5.89. The van der Waals surface area contributed by atoms with Crippen LogP contribution in [-0.4, -0.2) is 35.0 Å². The molecule has 0 heterocycles. The van der Waals surface area contributed by atoms with Gasteiger partial charge in [-0.2, -0.15) is 0 Å². The molecule has 2 saturated carbocycles. The zero-order valence-corrected chi connectivity index (χ0v) is 11.1. The molecule has 2 atom stereocenters. The van der Waals surface area contributed by atoms with Gasteiger partial charge in [-0.3, -0.25) is 9.59 Å². The van der Waals surface area contributed by atoms with E-state index in [1.807, 2.05) is 11.9 Å². The van der Waals surface area contributed by atoms with E-state index in [1.54, 1.807) is 0 Å². The lowest BCUT2D eigenvalue weighted by Gasteiger charge is -2.30. The number of carboxylic acids is 1. The average molecular weight is 253 g/mol. The van der Waals surface area contributed by atoms with Crippen molar-refractivity contribution in [1.82, 2.24) is 4.90 Å². The maximum Gasteiger partial charge on any atom is 0.307 e. The summed E-state index contributed by atoms with van der Waals surface area (Å²) in [7, 11) is 1.85. The van der Waals surface area contributed by atoms with Crippen LogP contribution in [0.25, 0.3) is 0 Å². The van der Waals surface area contributed by atoms with Gasteiger partial charge >= 0.3 is 5.97 Å². The maximum absolute atomic E-state index is 12.2.